The molecule has 0 radical (unpaired) electrons. The monoisotopic (exact) mass is 281 g/mol. The van der Waals surface area contributed by atoms with Gasteiger partial charge in [0.05, 0.1) is 0 Å². The van der Waals surface area contributed by atoms with E-state index < -0.39 is 0 Å². The van der Waals surface area contributed by atoms with Crippen LogP contribution in [-0.4, -0.2) is 33.3 Å². The van der Waals surface area contributed by atoms with Crippen molar-refractivity contribution in [2.45, 2.75) is 28.2 Å². The van der Waals surface area contributed by atoms with Crippen molar-refractivity contribution in [3.63, 3.8) is 0 Å². The van der Waals surface area contributed by atoms with Gasteiger partial charge in [0.15, 0.2) is 0 Å². The molecule has 0 saturated carbocycles. The lowest BCUT2D eigenvalue weighted by Gasteiger charge is -1.68. The molecule has 0 saturated heterocycles. The van der Waals surface area contributed by atoms with Crippen LogP contribution in [-0.2, 0) is 4.79 Å². The highest BCUT2D eigenvalue weighted by Crippen LogP contribution is 1.75. The van der Waals surface area contributed by atoms with Gasteiger partial charge in [0, 0.05) is 6.21 Å². The summed E-state index contributed by atoms with van der Waals surface area (Å²) >= 11 is 4.96. The van der Waals surface area contributed by atoms with Gasteiger partial charge >= 0.3 is 0 Å². The predicted octanol–water partition coefficient (Wildman–Crippen LogP) is 2.10. The topological polar surface area (TPSA) is 128 Å². The Morgan fingerprint density at radius 3 is 1.44 bits per heavy atom. The molecule has 102 valence electrons. The third-order valence-electron chi connectivity index (χ3n) is 0.253. The van der Waals surface area contributed by atoms with E-state index in [0.29, 0.717) is 0 Å². The predicted molar refractivity (Wildman–Crippen MR) is 68.4 cm³/mol. The van der Waals surface area contributed by atoms with Gasteiger partial charge in [-0.25, -0.2) is 5.90 Å². The standard InChI is InChI=1S/C2H4ClNO.C2H5NO.C2H4O.CH4.ClH.H3NO/c1-2(3)4-5;1-2-3-4;1-2-3;;;1-2/h5H,1H3;2,4H,1H3;2H,1H3;1H4;1H;2H,1H2/b4-2-;3-2+;;;;. The first kappa shape index (κ1) is 36.2. The maximum absolute atomic E-state index is 8.81. The molecular formula is C7H21Cl2N3O4. The lowest BCUT2D eigenvalue weighted by atomic mass is 10.9. The molecule has 0 aliphatic heterocycles. The highest BCUT2D eigenvalue weighted by atomic mass is 35.5. The van der Waals surface area contributed by atoms with Crippen LogP contribution in [0.5, 0.6) is 0 Å². The molecule has 0 unspecified atom stereocenters. The van der Waals surface area contributed by atoms with Gasteiger partial charge in [-0.15, -0.1) is 17.6 Å². The SMILES string of the molecule is C.C/C(Cl)=N/O.C/C=N/O.CC=O.Cl.NO. The van der Waals surface area contributed by atoms with Crippen LogP contribution < -0.4 is 5.90 Å². The summed E-state index contributed by atoms with van der Waals surface area (Å²) in [5.41, 5.74) is 0. The number of nitrogens with zero attached hydrogens (tertiary/aromatic N) is 2. The Labute approximate surface area is 107 Å². The molecule has 0 amide bonds. The maximum atomic E-state index is 8.81. The second-order valence-electron chi connectivity index (χ2n) is 1.21. The van der Waals surface area contributed by atoms with E-state index in [2.05, 4.69) is 16.2 Å². The second-order valence-corrected chi connectivity index (χ2v) is 1.75. The Balaban J connectivity index is -0.0000000210. The molecule has 0 heterocycles. The third kappa shape index (κ3) is 432. The van der Waals surface area contributed by atoms with E-state index in [1.807, 2.05) is 0 Å². The molecule has 0 bridgehead atoms. The summed E-state index contributed by atoms with van der Waals surface area (Å²) in [7, 11) is 0. The minimum Gasteiger partial charge on any atom is -0.411 e. The van der Waals surface area contributed by atoms with E-state index in [1.54, 1.807) is 6.92 Å². The number of halogens is 2. The average molecular weight is 282 g/mol. The summed E-state index contributed by atoms with van der Waals surface area (Å²) in [6.07, 6.45) is 2.06. The molecule has 0 atom stereocenters. The van der Waals surface area contributed by atoms with Crippen molar-refractivity contribution in [2.75, 3.05) is 0 Å². The highest BCUT2D eigenvalue weighted by Gasteiger charge is 1.69. The van der Waals surface area contributed by atoms with Crippen molar-refractivity contribution in [3.8, 4) is 0 Å². The lowest BCUT2D eigenvalue weighted by molar-refractivity contribution is -0.106. The van der Waals surface area contributed by atoms with E-state index >= 15 is 0 Å². The van der Waals surface area contributed by atoms with Crippen molar-refractivity contribution in [2.24, 2.45) is 16.2 Å². The molecule has 0 aliphatic carbocycles. The molecule has 0 spiro atoms. The maximum Gasteiger partial charge on any atom is 0.142 e. The van der Waals surface area contributed by atoms with Gasteiger partial charge in [-0.1, -0.05) is 24.2 Å². The third-order valence-corrected chi connectivity index (χ3v) is 0.329. The summed E-state index contributed by atoms with van der Waals surface area (Å²) in [6.45, 7) is 4.57. The molecule has 0 aromatic rings. The number of carbonyl (C=O) groups is 1. The first-order chi connectivity index (χ1) is 6.60. The van der Waals surface area contributed by atoms with E-state index in [0.717, 1.165) is 6.29 Å². The molecule has 16 heavy (non-hydrogen) atoms. The average Bonchev–Trinajstić information content (AvgIpc) is 2.22. The molecule has 0 fully saturated rings. The molecule has 0 aromatic heterocycles. The molecule has 0 aromatic carbocycles. The van der Waals surface area contributed by atoms with Crippen LogP contribution in [0.1, 0.15) is 28.2 Å². The number of carbonyl (C=O) groups excluding carboxylic acids is 1. The summed E-state index contributed by atoms with van der Waals surface area (Å²) < 4.78 is 0. The fraction of sp³-hybridized carbons (Fsp3) is 0.571. The highest BCUT2D eigenvalue weighted by molar-refractivity contribution is 6.64. The molecule has 5 N–H and O–H groups in total. The van der Waals surface area contributed by atoms with Crippen molar-refractivity contribution >= 4 is 41.7 Å². The molecular weight excluding hydrogens is 261 g/mol. The molecule has 0 rings (SSSR count). The first-order valence-electron chi connectivity index (χ1n) is 3.22. The Bertz CT molecular complexity index is 138. The molecule has 0 aliphatic rings. The quantitative estimate of drug-likeness (QED) is 0.234. The molecule has 9 heteroatoms. The zero-order valence-electron chi connectivity index (χ0n) is 8.66. The summed E-state index contributed by atoms with van der Waals surface area (Å²) in [5, 5.41) is 26.9. The van der Waals surface area contributed by atoms with Crippen molar-refractivity contribution in [1.29, 1.82) is 0 Å². The smallest absolute Gasteiger partial charge is 0.142 e. The van der Waals surface area contributed by atoms with E-state index in [9.17, 15) is 0 Å². The van der Waals surface area contributed by atoms with Crippen molar-refractivity contribution in [3.05, 3.63) is 0 Å². The second kappa shape index (κ2) is 65.0. The fourth-order valence-corrected chi connectivity index (χ4v) is 0. The number of oxime groups is 2. The van der Waals surface area contributed by atoms with E-state index in [4.69, 9.17) is 32.0 Å². The lowest BCUT2D eigenvalue weighted by Crippen LogP contribution is -1.72. The summed E-state index contributed by atoms with van der Waals surface area (Å²) in [6, 6.07) is 0. The van der Waals surface area contributed by atoms with Crippen molar-refractivity contribution in [1.82, 2.24) is 0 Å². The van der Waals surface area contributed by atoms with Crippen molar-refractivity contribution < 1.29 is 20.4 Å². The van der Waals surface area contributed by atoms with Crippen LogP contribution in [0.4, 0.5) is 0 Å². The Hall–Kier alpha value is -0.890. The number of hydrogen-bond donors (Lipinski definition) is 4. The van der Waals surface area contributed by atoms with Gasteiger partial charge in [0.2, 0.25) is 0 Å². The Morgan fingerprint density at radius 1 is 1.31 bits per heavy atom. The summed E-state index contributed by atoms with van der Waals surface area (Å²) in [5.74, 6) is 3.50. The van der Waals surface area contributed by atoms with Crippen LogP contribution in [0.2, 0.25) is 0 Å². The zero-order valence-corrected chi connectivity index (χ0v) is 10.2. The van der Waals surface area contributed by atoms with Gasteiger partial charge < -0.3 is 20.4 Å². The normalized spacial score (nSPS) is 7.25. The number of hydrogen-bond acceptors (Lipinski definition) is 7. The van der Waals surface area contributed by atoms with Crippen LogP contribution >= 0.6 is 24.0 Å². The Kier molecular flexibility index (Phi) is 147. The largest absolute Gasteiger partial charge is 0.411 e. The van der Waals surface area contributed by atoms with Gasteiger partial charge in [-0.3, -0.25) is 0 Å². The van der Waals surface area contributed by atoms with Crippen LogP contribution in [0.25, 0.3) is 0 Å². The van der Waals surface area contributed by atoms with Crippen LogP contribution in [0.3, 0.4) is 0 Å². The van der Waals surface area contributed by atoms with Crippen LogP contribution in [0, 0.1) is 0 Å². The van der Waals surface area contributed by atoms with Gasteiger partial charge in [0.25, 0.3) is 0 Å². The van der Waals surface area contributed by atoms with Gasteiger partial charge in [-0.2, -0.15) is 0 Å². The Morgan fingerprint density at radius 2 is 1.44 bits per heavy atom. The minimum atomic E-state index is 0. The van der Waals surface area contributed by atoms with Gasteiger partial charge in [0.1, 0.15) is 11.5 Å². The number of aldehydes is 1. The summed E-state index contributed by atoms with van der Waals surface area (Å²) in [4.78, 5) is 8.81. The minimum absolute atomic E-state index is 0. The first-order valence-corrected chi connectivity index (χ1v) is 3.60. The van der Waals surface area contributed by atoms with Gasteiger partial charge in [-0.05, 0) is 20.8 Å². The van der Waals surface area contributed by atoms with E-state index in [-0.39, 0.29) is 25.0 Å². The number of rotatable bonds is 0. The molecule has 7 nitrogen and oxygen atoms in total. The van der Waals surface area contributed by atoms with E-state index in [1.165, 1.54) is 20.1 Å². The van der Waals surface area contributed by atoms with Crippen LogP contribution in [0.15, 0.2) is 10.3 Å². The zero-order chi connectivity index (χ0) is 12.4. The number of nitrogens with two attached hydrogens (primary N) is 1. The fourth-order valence-electron chi connectivity index (χ4n) is 0.